The molecule has 0 radical (unpaired) electrons. The second-order valence-electron chi connectivity index (χ2n) is 2.65. The van der Waals surface area contributed by atoms with Crippen molar-refractivity contribution >= 4 is 10.5 Å². The first-order chi connectivity index (χ1) is 5.65. The maximum absolute atomic E-state index is 8.67. The zero-order chi connectivity index (χ0) is 9.82. The molecule has 74 valence electrons. The van der Waals surface area contributed by atoms with Gasteiger partial charge in [0.25, 0.3) is 0 Å². The van der Waals surface area contributed by atoms with Crippen molar-refractivity contribution in [2.75, 3.05) is 0 Å². The highest BCUT2D eigenvalue weighted by Gasteiger charge is 1.83. The van der Waals surface area contributed by atoms with Crippen molar-refractivity contribution in [3.63, 3.8) is 0 Å². The summed E-state index contributed by atoms with van der Waals surface area (Å²) in [4.78, 5) is 0. The normalized spacial score (nSPS) is 8.50. The van der Waals surface area contributed by atoms with Crippen LogP contribution in [-0.4, -0.2) is 8.42 Å². The van der Waals surface area contributed by atoms with Crippen molar-refractivity contribution in [3.05, 3.63) is 0 Å². The monoisotopic (exact) mass is 193 g/mol. The number of hydrogen-bond donors (Lipinski definition) is 1. The summed E-state index contributed by atoms with van der Waals surface area (Å²) in [5, 5.41) is 0. The molecule has 0 atom stereocenters. The molecule has 1 N–H and O–H groups in total. The van der Waals surface area contributed by atoms with Crippen LogP contribution in [0.15, 0.2) is 0 Å². The van der Waals surface area contributed by atoms with Gasteiger partial charge in [-0.3, -0.25) is 0 Å². The fourth-order valence-electron chi connectivity index (χ4n) is 0.854. The average molecular weight is 193 g/mol. The Hall–Kier alpha value is -0.380. The summed E-state index contributed by atoms with van der Waals surface area (Å²) in [5.74, 6) is 0. The van der Waals surface area contributed by atoms with E-state index in [2.05, 4.69) is 13.8 Å². The second kappa shape index (κ2) is 13.2. The van der Waals surface area contributed by atoms with Crippen LogP contribution in [0.2, 0.25) is 0 Å². The van der Waals surface area contributed by atoms with Gasteiger partial charge in [0, 0.05) is 0 Å². The minimum atomic E-state index is -2.61. The van der Waals surface area contributed by atoms with Gasteiger partial charge >= 0.3 is 10.5 Å². The summed E-state index contributed by atoms with van der Waals surface area (Å²) in [6.45, 7) is 4.51. The highest BCUT2D eigenvalue weighted by molar-refractivity contribution is 7.60. The second-order valence-corrected chi connectivity index (χ2v) is 3.12. The molecule has 0 aromatic heterocycles. The van der Waals surface area contributed by atoms with Crippen molar-refractivity contribution < 1.29 is 8.42 Å². The molecule has 0 aliphatic carbocycles. The van der Waals surface area contributed by atoms with E-state index in [-0.39, 0.29) is 0 Å². The quantitative estimate of drug-likeness (QED) is 0.682. The summed E-state index contributed by atoms with van der Waals surface area (Å²) in [7, 11) is -2.61. The number of rotatable bonds is 5. The highest BCUT2D eigenvalue weighted by Crippen LogP contribution is 2.03. The average Bonchev–Trinajstić information content (AvgIpc) is 1.97. The first-order valence-electron chi connectivity index (χ1n) is 4.45. The lowest BCUT2D eigenvalue weighted by Gasteiger charge is -1.93. The van der Waals surface area contributed by atoms with Crippen LogP contribution < -0.4 is 0 Å². The van der Waals surface area contributed by atoms with Crippen molar-refractivity contribution in [2.24, 2.45) is 0 Å². The van der Waals surface area contributed by atoms with Crippen LogP contribution in [0, 0.1) is 4.78 Å². The van der Waals surface area contributed by atoms with Gasteiger partial charge in [0.05, 0.1) is 0 Å². The molecule has 0 amide bonds. The van der Waals surface area contributed by atoms with Crippen LogP contribution >= 0.6 is 0 Å². The van der Waals surface area contributed by atoms with Gasteiger partial charge in [0.1, 0.15) is 0 Å². The molecule has 0 aliphatic heterocycles. The van der Waals surface area contributed by atoms with E-state index in [1.54, 1.807) is 0 Å². The zero-order valence-corrected chi connectivity index (χ0v) is 8.78. The predicted molar refractivity (Wildman–Crippen MR) is 50.7 cm³/mol. The molecule has 0 aromatic carbocycles. The molecule has 0 fully saturated rings. The van der Waals surface area contributed by atoms with Crippen molar-refractivity contribution in [1.29, 1.82) is 4.78 Å². The number of hydrogen-bond acceptors (Lipinski definition) is 3. The largest absolute Gasteiger partial charge is 0.308 e. The van der Waals surface area contributed by atoms with Gasteiger partial charge in [-0.1, -0.05) is 52.4 Å². The van der Waals surface area contributed by atoms with Crippen molar-refractivity contribution in [2.45, 2.75) is 52.4 Å². The van der Waals surface area contributed by atoms with Gasteiger partial charge in [0.15, 0.2) is 0 Å². The lowest BCUT2D eigenvalue weighted by molar-refractivity contribution is 0.620. The Morgan fingerprint density at radius 1 is 0.917 bits per heavy atom. The third-order valence-electron chi connectivity index (χ3n) is 1.46. The maximum atomic E-state index is 8.67. The Morgan fingerprint density at radius 2 is 1.17 bits per heavy atom. The molecule has 0 unspecified atom stereocenters. The van der Waals surface area contributed by atoms with Crippen LogP contribution in [0.4, 0.5) is 0 Å². The van der Waals surface area contributed by atoms with Crippen LogP contribution in [0.1, 0.15) is 52.4 Å². The van der Waals surface area contributed by atoms with Gasteiger partial charge in [0.2, 0.25) is 0 Å². The molecule has 12 heavy (non-hydrogen) atoms. The van der Waals surface area contributed by atoms with Gasteiger partial charge < -0.3 is 0 Å². The third-order valence-corrected chi connectivity index (χ3v) is 1.46. The molecule has 0 aliphatic rings. The summed E-state index contributed by atoms with van der Waals surface area (Å²) < 4.78 is 22.8. The van der Waals surface area contributed by atoms with Crippen LogP contribution in [0.25, 0.3) is 0 Å². The molecule has 0 heterocycles. The first-order valence-corrected chi connectivity index (χ1v) is 5.53. The smallest absolute Gasteiger partial charge is 0.188 e. The van der Waals surface area contributed by atoms with Gasteiger partial charge in [-0.2, -0.15) is 13.2 Å². The van der Waals surface area contributed by atoms with Gasteiger partial charge in [-0.05, 0) is 0 Å². The molecule has 3 nitrogen and oxygen atoms in total. The number of unbranched alkanes of at least 4 members (excludes halogenated alkanes) is 5. The third kappa shape index (κ3) is 33.5. The van der Waals surface area contributed by atoms with E-state index in [0.29, 0.717) is 0 Å². The van der Waals surface area contributed by atoms with Crippen molar-refractivity contribution in [3.8, 4) is 0 Å². The minimum absolute atomic E-state index is 1.36. The standard InChI is InChI=1S/C8H18.HNO2S/c1-3-5-7-8-6-4-2;1-4(2)3/h3-8H2,1-2H3;1H. The predicted octanol–water partition coefficient (Wildman–Crippen LogP) is 2.99. The lowest BCUT2D eigenvalue weighted by Crippen LogP contribution is -1.73. The minimum Gasteiger partial charge on any atom is -0.188 e. The molecule has 0 saturated carbocycles. The van der Waals surface area contributed by atoms with Crippen molar-refractivity contribution in [1.82, 2.24) is 0 Å². The fourth-order valence-corrected chi connectivity index (χ4v) is 0.854. The van der Waals surface area contributed by atoms with Crippen LogP contribution in [-0.2, 0) is 10.5 Å². The molecular weight excluding hydrogens is 174 g/mol. The Bertz CT molecular complexity index is 148. The first kappa shape index (κ1) is 14.2. The Morgan fingerprint density at radius 3 is 1.33 bits per heavy atom. The van der Waals surface area contributed by atoms with E-state index in [0.717, 1.165) is 0 Å². The molecular formula is C8H19NO2S. The van der Waals surface area contributed by atoms with E-state index in [4.69, 9.17) is 13.2 Å². The van der Waals surface area contributed by atoms with E-state index >= 15 is 0 Å². The fraction of sp³-hybridized carbons (Fsp3) is 1.00. The van der Waals surface area contributed by atoms with Gasteiger partial charge in [-0.15, -0.1) is 0 Å². The Balaban J connectivity index is 0. The SMILES string of the molecule is CCCCCCCC.N=S(=O)=O. The highest BCUT2D eigenvalue weighted by atomic mass is 32.2. The van der Waals surface area contributed by atoms with E-state index in [1.807, 2.05) is 0 Å². The molecule has 0 spiro atoms. The van der Waals surface area contributed by atoms with Crippen LogP contribution in [0.3, 0.4) is 0 Å². The summed E-state index contributed by atoms with van der Waals surface area (Å²) in [5.41, 5.74) is 0. The topological polar surface area (TPSA) is 58.0 Å². The van der Waals surface area contributed by atoms with E-state index in [1.165, 1.54) is 38.5 Å². The summed E-state index contributed by atoms with van der Waals surface area (Å²) in [6.07, 6.45) is 8.49. The summed E-state index contributed by atoms with van der Waals surface area (Å²) in [6, 6.07) is 0. The maximum Gasteiger partial charge on any atom is 0.308 e. The molecule has 0 aromatic rings. The Labute approximate surface area is 76.7 Å². The van der Waals surface area contributed by atoms with Gasteiger partial charge in [-0.25, -0.2) is 0 Å². The van der Waals surface area contributed by atoms with E-state index < -0.39 is 10.5 Å². The number of nitrogens with one attached hydrogen (secondary N) is 1. The summed E-state index contributed by atoms with van der Waals surface area (Å²) >= 11 is 0. The molecule has 0 rings (SSSR count). The van der Waals surface area contributed by atoms with E-state index in [9.17, 15) is 0 Å². The zero-order valence-electron chi connectivity index (χ0n) is 7.97. The lowest BCUT2D eigenvalue weighted by atomic mass is 10.1. The molecule has 0 bridgehead atoms. The molecule has 4 heteroatoms. The van der Waals surface area contributed by atoms with Crippen LogP contribution in [0.5, 0.6) is 0 Å². The Kier molecular flexibility index (Phi) is 15.6. The molecule has 0 saturated heterocycles.